The molecule has 0 radical (unpaired) electrons. The molecule has 94 valence electrons. The van der Waals surface area contributed by atoms with E-state index in [4.69, 9.17) is 12.2 Å². The lowest BCUT2D eigenvalue weighted by molar-refractivity contribution is 0.748. The number of aromatic amines is 1. The number of aromatic nitrogens is 4. The van der Waals surface area contributed by atoms with E-state index in [0.29, 0.717) is 11.3 Å². The fourth-order valence-electron chi connectivity index (χ4n) is 1.98. The average Bonchev–Trinajstić information content (AvgIpc) is 2.82. The highest BCUT2D eigenvalue weighted by atomic mass is 32.1. The molecule has 0 fully saturated rings. The zero-order chi connectivity index (χ0) is 13.1. The van der Waals surface area contributed by atoms with E-state index in [1.807, 2.05) is 41.1 Å². The highest BCUT2D eigenvalue weighted by Gasteiger charge is 2.07. The minimum absolute atomic E-state index is 0.612. The topological polar surface area (TPSA) is 46.5 Å². The Morgan fingerprint density at radius 1 is 1.11 bits per heavy atom. The van der Waals surface area contributed by atoms with Gasteiger partial charge in [0.1, 0.15) is 0 Å². The number of hydrogen-bond acceptors (Lipinski definition) is 3. The van der Waals surface area contributed by atoms with Gasteiger partial charge in [-0.3, -0.25) is 0 Å². The molecular formula is C14H12N4S. The van der Waals surface area contributed by atoms with Crippen LogP contribution in [0.1, 0.15) is 5.69 Å². The van der Waals surface area contributed by atoms with Crippen LogP contribution in [-0.4, -0.2) is 19.7 Å². The van der Waals surface area contributed by atoms with Gasteiger partial charge < -0.3 is 9.55 Å². The smallest absolute Gasteiger partial charge is 0.177 e. The Labute approximate surface area is 115 Å². The molecule has 2 heterocycles. The van der Waals surface area contributed by atoms with Crippen molar-refractivity contribution in [3.8, 4) is 11.3 Å². The molecule has 3 aromatic rings. The fraction of sp³-hybridized carbons (Fsp3) is 0.0714. The van der Waals surface area contributed by atoms with E-state index >= 15 is 0 Å². The van der Waals surface area contributed by atoms with Crippen LogP contribution in [0.15, 0.2) is 54.9 Å². The van der Waals surface area contributed by atoms with E-state index in [1.165, 1.54) is 0 Å². The summed E-state index contributed by atoms with van der Waals surface area (Å²) in [6, 6.07) is 14.0. The van der Waals surface area contributed by atoms with Crippen molar-refractivity contribution in [2.45, 2.75) is 6.54 Å². The van der Waals surface area contributed by atoms with Gasteiger partial charge in [-0.25, -0.2) is 0 Å². The Morgan fingerprint density at radius 3 is 2.68 bits per heavy atom. The Balaban J connectivity index is 2.03. The molecule has 0 spiro atoms. The molecule has 0 bridgehead atoms. The Morgan fingerprint density at radius 2 is 1.95 bits per heavy atom. The number of nitrogens with zero attached hydrogens (tertiary/aromatic N) is 3. The first-order valence-electron chi connectivity index (χ1n) is 5.95. The summed E-state index contributed by atoms with van der Waals surface area (Å²) in [6.07, 6.45) is 3.59. The quantitative estimate of drug-likeness (QED) is 0.743. The van der Waals surface area contributed by atoms with Crippen molar-refractivity contribution in [2.75, 3.05) is 0 Å². The first kappa shape index (κ1) is 11.8. The molecule has 1 aromatic carbocycles. The van der Waals surface area contributed by atoms with Crippen molar-refractivity contribution >= 4 is 12.2 Å². The highest BCUT2D eigenvalue weighted by molar-refractivity contribution is 7.71. The summed E-state index contributed by atoms with van der Waals surface area (Å²) in [4.78, 5) is 3.09. The van der Waals surface area contributed by atoms with E-state index in [9.17, 15) is 0 Å². The number of rotatable bonds is 3. The Hall–Kier alpha value is -2.27. The largest absolute Gasteiger partial charge is 0.337 e. The number of nitrogens with one attached hydrogen (secondary N) is 1. The van der Waals surface area contributed by atoms with Crippen molar-refractivity contribution in [3.05, 3.63) is 65.3 Å². The number of benzene rings is 1. The van der Waals surface area contributed by atoms with Gasteiger partial charge in [0.15, 0.2) is 4.77 Å². The van der Waals surface area contributed by atoms with Crippen LogP contribution >= 0.6 is 12.2 Å². The second kappa shape index (κ2) is 5.16. The molecule has 19 heavy (non-hydrogen) atoms. The third-order valence-corrected chi connectivity index (χ3v) is 3.22. The summed E-state index contributed by atoms with van der Waals surface area (Å²) in [6.45, 7) is 0.612. The molecule has 0 aliphatic carbocycles. The van der Waals surface area contributed by atoms with Crippen molar-refractivity contribution in [1.82, 2.24) is 19.7 Å². The summed E-state index contributed by atoms with van der Waals surface area (Å²) in [5.41, 5.74) is 3.06. The zero-order valence-corrected chi connectivity index (χ0v) is 11.0. The van der Waals surface area contributed by atoms with Gasteiger partial charge in [-0.15, -0.1) is 0 Å². The molecule has 0 unspecified atom stereocenters. The van der Waals surface area contributed by atoms with Crippen molar-refractivity contribution < 1.29 is 0 Å². The Kier molecular flexibility index (Phi) is 3.20. The van der Waals surface area contributed by atoms with Gasteiger partial charge in [-0.2, -0.15) is 10.2 Å². The summed E-state index contributed by atoms with van der Waals surface area (Å²) >= 11 is 5.33. The van der Waals surface area contributed by atoms with E-state index in [2.05, 4.69) is 27.3 Å². The van der Waals surface area contributed by atoms with Crippen LogP contribution in [0, 0.1) is 4.77 Å². The average molecular weight is 268 g/mol. The van der Waals surface area contributed by atoms with E-state index in [1.54, 1.807) is 6.20 Å². The summed E-state index contributed by atoms with van der Waals surface area (Å²) in [5.74, 6) is 0. The number of hydrogen-bond donors (Lipinski definition) is 1. The third kappa shape index (κ3) is 2.46. The summed E-state index contributed by atoms with van der Waals surface area (Å²) in [7, 11) is 0. The molecule has 4 nitrogen and oxygen atoms in total. The molecule has 0 atom stereocenters. The highest BCUT2D eigenvalue weighted by Crippen LogP contribution is 2.19. The second-order valence-electron chi connectivity index (χ2n) is 4.15. The molecule has 5 heteroatoms. The minimum Gasteiger partial charge on any atom is -0.337 e. The third-order valence-electron chi connectivity index (χ3n) is 2.89. The van der Waals surface area contributed by atoms with Crippen LogP contribution < -0.4 is 0 Å². The zero-order valence-electron chi connectivity index (χ0n) is 10.2. The molecule has 0 aliphatic heterocycles. The Bertz CT molecular complexity index is 716. The maximum atomic E-state index is 5.33. The van der Waals surface area contributed by atoms with Gasteiger partial charge in [-0.05, 0) is 29.9 Å². The van der Waals surface area contributed by atoms with Gasteiger partial charge in [0.25, 0.3) is 0 Å². The van der Waals surface area contributed by atoms with Gasteiger partial charge >= 0.3 is 0 Å². The second-order valence-corrected chi connectivity index (χ2v) is 4.53. The van der Waals surface area contributed by atoms with E-state index in [-0.39, 0.29) is 0 Å². The van der Waals surface area contributed by atoms with Crippen LogP contribution in [0.3, 0.4) is 0 Å². The normalized spacial score (nSPS) is 10.5. The SMILES string of the molecule is S=c1[nH]cc(-c2ccccc2)n1Cc1cccnn1. The predicted octanol–water partition coefficient (Wildman–Crippen LogP) is 3.05. The molecule has 0 amide bonds. The lowest BCUT2D eigenvalue weighted by atomic mass is 10.2. The summed E-state index contributed by atoms with van der Waals surface area (Å²) < 4.78 is 2.71. The monoisotopic (exact) mass is 268 g/mol. The van der Waals surface area contributed by atoms with E-state index < -0.39 is 0 Å². The van der Waals surface area contributed by atoms with Crippen LogP contribution in [0.25, 0.3) is 11.3 Å². The summed E-state index contributed by atoms with van der Waals surface area (Å²) in [5, 5.41) is 7.99. The maximum absolute atomic E-state index is 5.33. The lowest BCUT2D eigenvalue weighted by Gasteiger charge is -2.07. The lowest BCUT2D eigenvalue weighted by Crippen LogP contribution is -2.04. The maximum Gasteiger partial charge on any atom is 0.177 e. The van der Waals surface area contributed by atoms with Crippen LogP contribution in [0.4, 0.5) is 0 Å². The van der Waals surface area contributed by atoms with Gasteiger partial charge in [0.2, 0.25) is 0 Å². The molecule has 1 N–H and O–H groups in total. The van der Waals surface area contributed by atoms with Gasteiger partial charge in [0, 0.05) is 12.4 Å². The fourth-order valence-corrected chi connectivity index (χ4v) is 2.20. The predicted molar refractivity (Wildman–Crippen MR) is 76.2 cm³/mol. The first-order chi connectivity index (χ1) is 9.34. The van der Waals surface area contributed by atoms with Gasteiger partial charge in [-0.1, -0.05) is 30.3 Å². The van der Waals surface area contributed by atoms with Crippen LogP contribution in [0.5, 0.6) is 0 Å². The molecule has 0 saturated carbocycles. The van der Waals surface area contributed by atoms with Gasteiger partial charge in [0.05, 0.1) is 17.9 Å². The molecule has 3 rings (SSSR count). The molecular weight excluding hydrogens is 256 g/mol. The molecule has 0 aliphatic rings. The van der Waals surface area contributed by atoms with Crippen LogP contribution in [0.2, 0.25) is 0 Å². The van der Waals surface area contributed by atoms with Crippen molar-refractivity contribution in [2.24, 2.45) is 0 Å². The number of H-pyrrole nitrogens is 1. The van der Waals surface area contributed by atoms with Crippen molar-refractivity contribution in [1.29, 1.82) is 0 Å². The first-order valence-corrected chi connectivity index (χ1v) is 6.35. The van der Waals surface area contributed by atoms with E-state index in [0.717, 1.165) is 17.0 Å². The van der Waals surface area contributed by atoms with Crippen molar-refractivity contribution in [3.63, 3.8) is 0 Å². The number of imidazole rings is 1. The minimum atomic E-state index is 0.612. The molecule has 0 saturated heterocycles. The standard InChI is InChI=1S/C14H12N4S/c19-14-15-9-13(11-5-2-1-3-6-11)18(14)10-12-7-4-8-16-17-12/h1-9H,10H2,(H,15,19). The van der Waals surface area contributed by atoms with Crippen LogP contribution in [-0.2, 0) is 6.54 Å². The molecule has 2 aromatic heterocycles.